The van der Waals surface area contributed by atoms with E-state index < -0.39 is 0 Å². The topological polar surface area (TPSA) is 0 Å². The summed E-state index contributed by atoms with van der Waals surface area (Å²) in [5, 5.41) is 1.08. The molecule has 0 aromatic heterocycles. The zero-order valence-corrected chi connectivity index (χ0v) is 4.72. The molecule has 0 heterocycles. The van der Waals surface area contributed by atoms with Crippen LogP contribution in [0.3, 0.4) is 0 Å². The van der Waals surface area contributed by atoms with Crippen LogP contribution in [0.25, 0.3) is 0 Å². The molecule has 3 radical (unpaired) electrons. The Labute approximate surface area is 53.0 Å². The van der Waals surface area contributed by atoms with Gasteiger partial charge in [-0.25, -0.2) is 0 Å². The number of hydrogen-bond acceptors (Lipinski definition) is 0. The van der Waals surface area contributed by atoms with Gasteiger partial charge in [0.2, 0.25) is 0 Å². The Bertz CT molecular complexity index is 20.9. The second-order valence-corrected chi connectivity index (χ2v) is 0.697. The molecule has 0 saturated carbocycles. The van der Waals surface area contributed by atoms with Gasteiger partial charge in [-0.15, -0.1) is 0 Å². The molecule has 0 aromatic rings. The SMILES string of the molecule is [Al].[Li][CH2]C=C. The average molecular weight is 75.0 g/mol. The van der Waals surface area contributed by atoms with Crippen LogP contribution in [-0.2, 0) is 0 Å². The van der Waals surface area contributed by atoms with Crippen molar-refractivity contribution in [3.05, 3.63) is 12.7 Å². The number of allylic oxidation sites excluding steroid dienone is 1. The van der Waals surface area contributed by atoms with Crippen LogP contribution in [0.5, 0.6) is 0 Å². The molecule has 0 amide bonds. The molecule has 0 saturated heterocycles. The molecule has 2 heteroatoms. The Morgan fingerprint density at radius 2 is 2.00 bits per heavy atom. The third-order valence-electron chi connectivity index (χ3n) is 0.289. The molecule has 0 nitrogen and oxygen atoms in total. The van der Waals surface area contributed by atoms with E-state index in [9.17, 15) is 0 Å². The molecule has 0 spiro atoms. The van der Waals surface area contributed by atoms with Crippen LogP contribution in [0.4, 0.5) is 0 Å². The molecule has 0 bridgehead atoms. The van der Waals surface area contributed by atoms with Gasteiger partial charge in [-0.05, 0) is 0 Å². The van der Waals surface area contributed by atoms with Crippen LogP contribution >= 0.6 is 0 Å². The van der Waals surface area contributed by atoms with Crippen LogP contribution in [-0.4, -0.2) is 35.1 Å². The quantitative estimate of drug-likeness (QED) is 0.312. The number of rotatable bonds is 1. The standard InChI is InChI=1S/C3H5.Al.Li/c1-3-2;;/h3H,1-2H2;;. The van der Waals surface area contributed by atoms with E-state index in [-0.39, 0.29) is 17.4 Å². The summed E-state index contributed by atoms with van der Waals surface area (Å²) in [7, 11) is 0. The van der Waals surface area contributed by atoms with E-state index in [0.29, 0.717) is 0 Å². The summed E-state index contributed by atoms with van der Waals surface area (Å²) in [4.78, 5) is 0. The minimum absolute atomic E-state index is 0. The second kappa shape index (κ2) is 8.85. The zero-order chi connectivity index (χ0) is 3.41. The van der Waals surface area contributed by atoms with Crippen LogP contribution in [0.15, 0.2) is 12.7 Å². The normalized spacial score (nSPS) is 5.20. The van der Waals surface area contributed by atoms with Crippen molar-refractivity contribution in [2.45, 2.75) is 5.09 Å². The van der Waals surface area contributed by atoms with E-state index in [1.165, 1.54) is 0 Å². The van der Waals surface area contributed by atoms with Gasteiger partial charge in [0, 0.05) is 17.4 Å². The fourth-order valence-electron chi connectivity index (χ4n) is 0. The maximum atomic E-state index is 3.48. The van der Waals surface area contributed by atoms with Gasteiger partial charge in [0.05, 0.1) is 0 Å². The summed E-state index contributed by atoms with van der Waals surface area (Å²) in [6.07, 6.45) is 1.88. The van der Waals surface area contributed by atoms with Gasteiger partial charge in [-0.3, -0.25) is 0 Å². The average Bonchev–Trinajstić information content (AvgIpc) is 1.37. The Balaban J connectivity index is 0. The van der Waals surface area contributed by atoms with Gasteiger partial charge in [-0.2, -0.15) is 0 Å². The molecule has 0 aliphatic heterocycles. The third-order valence-corrected chi connectivity index (χ3v) is 0.289. The Kier molecular flexibility index (Phi) is 16.5. The van der Waals surface area contributed by atoms with Gasteiger partial charge in [0.25, 0.3) is 0 Å². The first-order valence-electron chi connectivity index (χ1n) is 1.52. The van der Waals surface area contributed by atoms with Crippen molar-refractivity contribution in [2.75, 3.05) is 0 Å². The predicted molar refractivity (Wildman–Crippen MR) is 26.5 cm³/mol. The molecular weight excluding hydrogens is 70.0 g/mol. The first-order valence-corrected chi connectivity index (χ1v) is 1.52. The van der Waals surface area contributed by atoms with Gasteiger partial charge < -0.3 is 0 Å². The summed E-state index contributed by atoms with van der Waals surface area (Å²) < 4.78 is 0. The van der Waals surface area contributed by atoms with Crippen molar-refractivity contribution in [1.82, 2.24) is 0 Å². The van der Waals surface area contributed by atoms with Crippen molar-refractivity contribution in [1.29, 1.82) is 0 Å². The van der Waals surface area contributed by atoms with E-state index in [2.05, 4.69) is 24.3 Å². The molecule has 0 aliphatic carbocycles. The Hall–Kier alpha value is 0.870. The van der Waals surface area contributed by atoms with Crippen molar-refractivity contribution in [3.63, 3.8) is 0 Å². The maximum absolute atomic E-state index is 3.48. The first-order chi connectivity index (χ1) is 1.91. The van der Waals surface area contributed by atoms with E-state index in [0.717, 1.165) is 5.09 Å². The predicted octanol–water partition coefficient (Wildman–Crippen LogP) is 0.378. The summed E-state index contributed by atoms with van der Waals surface area (Å²) in [5.41, 5.74) is 0. The van der Waals surface area contributed by atoms with Gasteiger partial charge >= 0.3 is 35.5 Å². The summed E-state index contributed by atoms with van der Waals surface area (Å²) >= 11 is 2.06. The summed E-state index contributed by atoms with van der Waals surface area (Å²) in [6, 6.07) is 0. The molecule has 0 N–H and O–H groups in total. The molecule has 0 atom stereocenters. The van der Waals surface area contributed by atoms with E-state index >= 15 is 0 Å². The van der Waals surface area contributed by atoms with Crippen molar-refractivity contribution < 1.29 is 0 Å². The molecule has 0 aliphatic rings. The molecule has 0 fully saturated rings. The van der Waals surface area contributed by atoms with Gasteiger partial charge in [0.1, 0.15) is 0 Å². The zero-order valence-electron chi connectivity index (χ0n) is 3.57. The molecule has 5 heavy (non-hydrogen) atoms. The van der Waals surface area contributed by atoms with Crippen LogP contribution < -0.4 is 0 Å². The Morgan fingerprint density at radius 1 is 1.80 bits per heavy atom. The molecule has 0 rings (SSSR count). The van der Waals surface area contributed by atoms with Crippen LogP contribution in [0, 0.1) is 0 Å². The fraction of sp³-hybridized carbons (Fsp3) is 0.333. The van der Waals surface area contributed by atoms with Crippen molar-refractivity contribution >= 4 is 35.1 Å². The summed E-state index contributed by atoms with van der Waals surface area (Å²) in [6.45, 7) is 3.48. The summed E-state index contributed by atoms with van der Waals surface area (Å²) in [5.74, 6) is 0. The first kappa shape index (κ1) is 9.30. The van der Waals surface area contributed by atoms with Crippen LogP contribution in [0.1, 0.15) is 0 Å². The van der Waals surface area contributed by atoms with Crippen molar-refractivity contribution in [3.8, 4) is 0 Å². The van der Waals surface area contributed by atoms with Crippen LogP contribution in [0.2, 0.25) is 5.09 Å². The fourth-order valence-corrected chi connectivity index (χ4v) is 0. The molecule has 21 valence electrons. The molecular formula is C3H5AlLi. The van der Waals surface area contributed by atoms with E-state index in [1.807, 2.05) is 6.08 Å². The van der Waals surface area contributed by atoms with Crippen molar-refractivity contribution in [2.24, 2.45) is 0 Å². The van der Waals surface area contributed by atoms with Gasteiger partial charge in [0.15, 0.2) is 0 Å². The number of hydrogen-bond donors (Lipinski definition) is 0. The van der Waals surface area contributed by atoms with Gasteiger partial charge in [-0.1, -0.05) is 0 Å². The second-order valence-electron chi connectivity index (χ2n) is 0.697. The van der Waals surface area contributed by atoms with E-state index in [4.69, 9.17) is 0 Å². The molecule has 0 unspecified atom stereocenters. The Morgan fingerprint density at radius 3 is 2.00 bits per heavy atom. The van der Waals surface area contributed by atoms with E-state index in [1.54, 1.807) is 0 Å². The molecule has 0 aromatic carbocycles. The minimum atomic E-state index is 0. The monoisotopic (exact) mass is 75.0 g/mol. The third kappa shape index (κ3) is 11.5.